The molecule has 7 nitrogen and oxygen atoms in total. The zero-order valence-corrected chi connectivity index (χ0v) is 8.34. The lowest BCUT2D eigenvalue weighted by Gasteiger charge is -2.05. The molecule has 8 heteroatoms. The predicted octanol–water partition coefficient (Wildman–Crippen LogP) is -0.893. The van der Waals surface area contributed by atoms with E-state index in [1.807, 2.05) is 0 Å². The van der Waals surface area contributed by atoms with Gasteiger partial charge < -0.3 is 15.2 Å². The van der Waals surface area contributed by atoms with E-state index in [9.17, 15) is 19.5 Å². The minimum atomic E-state index is -1.09. The molecule has 4 N–H and O–H groups in total. The van der Waals surface area contributed by atoms with Gasteiger partial charge in [0.05, 0.1) is 5.56 Å². The number of hydrogen-bond acceptors (Lipinski definition) is 6. The third-order valence-corrected chi connectivity index (χ3v) is 2.26. The second-order valence-electron chi connectivity index (χ2n) is 3.01. The van der Waals surface area contributed by atoms with Gasteiger partial charge in [-0.2, -0.15) is 0 Å². The van der Waals surface area contributed by atoms with Crippen LogP contribution in [0.3, 0.4) is 0 Å². The molecule has 0 aliphatic carbocycles. The average molecular weight is 240 g/mol. The third-order valence-electron chi connectivity index (χ3n) is 2.06. The molecule has 0 amide bonds. The van der Waals surface area contributed by atoms with Gasteiger partial charge in [-0.05, 0) is 12.2 Å². The van der Waals surface area contributed by atoms with E-state index in [2.05, 4.69) is 22.2 Å². The van der Waals surface area contributed by atoms with Gasteiger partial charge in [0.25, 0.3) is 11.0 Å². The Hall–Kier alpha value is -2.22. The molecule has 0 fully saturated rings. The van der Waals surface area contributed by atoms with Gasteiger partial charge in [0.2, 0.25) is 11.3 Å². The number of nitrogens with one attached hydrogen (secondary N) is 2. The lowest BCUT2D eigenvalue weighted by molar-refractivity contribution is 0.447. The SMILES string of the molecule is O=c1[nH]c(=S)[nH]c(O)c1-c1c(O)c(=O)c1=O. The molecule has 1 heterocycles. The van der Waals surface area contributed by atoms with Crippen molar-refractivity contribution in [3.63, 3.8) is 0 Å². The summed E-state index contributed by atoms with van der Waals surface area (Å²) in [6.45, 7) is 0. The highest BCUT2D eigenvalue weighted by atomic mass is 32.1. The predicted molar refractivity (Wildman–Crippen MR) is 55.9 cm³/mol. The zero-order chi connectivity index (χ0) is 12.0. The van der Waals surface area contributed by atoms with Crippen LogP contribution in [0, 0.1) is 4.77 Å². The van der Waals surface area contributed by atoms with Crippen molar-refractivity contribution in [2.45, 2.75) is 0 Å². The van der Waals surface area contributed by atoms with E-state index in [1.165, 1.54) is 0 Å². The molecule has 2 aromatic rings. The number of aromatic amines is 2. The maximum atomic E-state index is 11.4. The van der Waals surface area contributed by atoms with Crippen molar-refractivity contribution in [2.75, 3.05) is 0 Å². The molecule has 1 aromatic heterocycles. The first-order chi connectivity index (χ1) is 7.43. The number of aromatic hydroxyl groups is 2. The highest BCUT2D eigenvalue weighted by Crippen LogP contribution is 2.26. The number of rotatable bonds is 1. The molecular weight excluding hydrogens is 236 g/mol. The number of hydrogen-bond donors (Lipinski definition) is 4. The Morgan fingerprint density at radius 2 is 1.56 bits per heavy atom. The van der Waals surface area contributed by atoms with Gasteiger partial charge in [0.1, 0.15) is 5.56 Å². The van der Waals surface area contributed by atoms with Crippen LogP contribution in [-0.4, -0.2) is 20.2 Å². The quantitative estimate of drug-likeness (QED) is 0.378. The molecule has 16 heavy (non-hydrogen) atoms. The molecule has 1 aromatic carbocycles. The van der Waals surface area contributed by atoms with Crippen LogP contribution in [0.2, 0.25) is 0 Å². The molecule has 0 saturated carbocycles. The molecule has 0 radical (unpaired) electrons. The fourth-order valence-corrected chi connectivity index (χ4v) is 1.51. The van der Waals surface area contributed by atoms with Gasteiger partial charge in [-0.15, -0.1) is 0 Å². The number of aromatic nitrogens is 2. The van der Waals surface area contributed by atoms with E-state index in [4.69, 9.17) is 5.11 Å². The molecule has 0 unspecified atom stereocenters. The molecule has 0 spiro atoms. The van der Waals surface area contributed by atoms with Gasteiger partial charge in [-0.25, -0.2) is 0 Å². The van der Waals surface area contributed by atoms with Crippen molar-refractivity contribution in [3.05, 3.63) is 35.6 Å². The van der Waals surface area contributed by atoms with Gasteiger partial charge in [0, 0.05) is 0 Å². The summed E-state index contributed by atoms with van der Waals surface area (Å²) in [5.41, 5.74) is -3.96. The largest absolute Gasteiger partial charge is 0.503 e. The lowest BCUT2D eigenvalue weighted by Crippen LogP contribution is -2.33. The van der Waals surface area contributed by atoms with E-state index in [1.54, 1.807) is 0 Å². The van der Waals surface area contributed by atoms with Crippen molar-refractivity contribution >= 4 is 12.2 Å². The summed E-state index contributed by atoms with van der Waals surface area (Å²) in [6, 6.07) is 0. The van der Waals surface area contributed by atoms with Crippen molar-refractivity contribution in [1.29, 1.82) is 0 Å². The van der Waals surface area contributed by atoms with E-state index in [0.717, 1.165) is 0 Å². The summed E-state index contributed by atoms with van der Waals surface area (Å²) in [5.74, 6) is -1.51. The zero-order valence-electron chi connectivity index (χ0n) is 7.53. The van der Waals surface area contributed by atoms with E-state index in [-0.39, 0.29) is 4.77 Å². The molecule has 82 valence electrons. The van der Waals surface area contributed by atoms with Crippen LogP contribution >= 0.6 is 12.2 Å². The standard InChI is InChI=1S/C8H4N2O5S/c11-3-1(4(12)5(3)13)2-6(14)9-8(16)10-7(2)15/h11H,(H3,9,10,14,15,16). The summed E-state index contributed by atoms with van der Waals surface area (Å²) in [5, 5.41) is 18.5. The first-order valence-electron chi connectivity index (χ1n) is 4.01. The Labute approximate surface area is 91.3 Å². The fraction of sp³-hybridized carbons (Fsp3) is 0. The first kappa shape index (κ1) is 10.3. The van der Waals surface area contributed by atoms with Crippen molar-refractivity contribution in [1.82, 2.24) is 9.97 Å². The van der Waals surface area contributed by atoms with Crippen LogP contribution in [0.25, 0.3) is 11.1 Å². The molecule has 0 bridgehead atoms. The normalized spacial score (nSPS) is 10.8. The van der Waals surface area contributed by atoms with Crippen LogP contribution < -0.4 is 16.4 Å². The summed E-state index contributed by atoms with van der Waals surface area (Å²) in [6.07, 6.45) is 0. The van der Waals surface area contributed by atoms with E-state index in [0.29, 0.717) is 0 Å². The molecular formula is C8H4N2O5S. The molecule has 0 saturated heterocycles. The summed E-state index contributed by atoms with van der Waals surface area (Å²) in [4.78, 5) is 37.5. The average Bonchev–Trinajstić information content (AvgIpc) is 2.21. The van der Waals surface area contributed by atoms with Gasteiger partial charge in [-0.3, -0.25) is 19.4 Å². The summed E-state index contributed by atoms with van der Waals surface area (Å²) >= 11 is 4.57. The minimum Gasteiger partial charge on any atom is -0.503 e. The van der Waals surface area contributed by atoms with Gasteiger partial charge in [-0.1, -0.05) is 0 Å². The summed E-state index contributed by atoms with van der Waals surface area (Å²) in [7, 11) is 0. The highest BCUT2D eigenvalue weighted by molar-refractivity contribution is 7.71. The molecule has 0 aliphatic heterocycles. The molecule has 0 aliphatic rings. The number of H-pyrrole nitrogens is 2. The second-order valence-corrected chi connectivity index (χ2v) is 3.42. The van der Waals surface area contributed by atoms with Gasteiger partial charge >= 0.3 is 0 Å². The van der Waals surface area contributed by atoms with Crippen LogP contribution in [0.1, 0.15) is 0 Å². The van der Waals surface area contributed by atoms with Gasteiger partial charge in [0.15, 0.2) is 10.5 Å². The smallest absolute Gasteiger partial charge is 0.268 e. The monoisotopic (exact) mass is 240 g/mol. The second kappa shape index (κ2) is 3.14. The Morgan fingerprint density at radius 1 is 0.938 bits per heavy atom. The Balaban J connectivity index is 2.87. The minimum absolute atomic E-state index is 0.135. The Morgan fingerprint density at radius 3 is 2.06 bits per heavy atom. The fourth-order valence-electron chi connectivity index (χ4n) is 1.32. The maximum absolute atomic E-state index is 11.4. The van der Waals surface area contributed by atoms with Crippen LogP contribution in [0.15, 0.2) is 14.4 Å². The third kappa shape index (κ3) is 1.20. The van der Waals surface area contributed by atoms with Crippen LogP contribution in [0.5, 0.6) is 11.6 Å². The van der Waals surface area contributed by atoms with Crippen LogP contribution in [0.4, 0.5) is 0 Å². The summed E-state index contributed by atoms with van der Waals surface area (Å²) < 4.78 is -0.135. The lowest BCUT2D eigenvalue weighted by atomic mass is 10.0. The Bertz CT molecular complexity index is 762. The first-order valence-corrected chi connectivity index (χ1v) is 4.42. The molecule has 0 atom stereocenters. The molecule has 2 rings (SSSR count). The van der Waals surface area contributed by atoms with E-state index < -0.39 is 39.2 Å². The Kier molecular flexibility index (Phi) is 2.02. The highest BCUT2D eigenvalue weighted by Gasteiger charge is 2.26. The van der Waals surface area contributed by atoms with Crippen molar-refractivity contribution < 1.29 is 10.2 Å². The van der Waals surface area contributed by atoms with Crippen LogP contribution in [-0.2, 0) is 0 Å². The maximum Gasteiger partial charge on any atom is 0.268 e. The van der Waals surface area contributed by atoms with Crippen molar-refractivity contribution in [3.8, 4) is 22.8 Å². The topological polar surface area (TPSA) is 123 Å². The van der Waals surface area contributed by atoms with E-state index >= 15 is 0 Å². The van der Waals surface area contributed by atoms with Crippen molar-refractivity contribution in [2.24, 2.45) is 0 Å².